The van der Waals surface area contributed by atoms with E-state index < -0.39 is 114 Å². The third kappa shape index (κ3) is 5.93. The Bertz CT molecular complexity index is 1210. The van der Waals surface area contributed by atoms with Crippen LogP contribution < -0.4 is 0 Å². The first kappa shape index (κ1) is 50.6. The van der Waals surface area contributed by atoms with Gasteiger partial charge in [0.05, 0.1) is 0 Å². The summed E-state index contributed by atoms with van der Waals surface area (Å²) < 4.78 is 455. The highest BCUT2D eigenvalue weighted by Gasteiger charge is 2.99. The van der Waals surface area contributed by atoms with Gasteiger partial charge >= 0.3 is 95.5 Å². The van der Waals surface area contributed by atoms with Gasteiger partial charge in [0.15, 0.2) is 0 Å². The van der Waals surface area contributed by atoms with Crippen LogP contribution >= 0.6 is 0 Å². The Morgan fingerprint density at radius 1 is 0.226 bits per heavy atom. The van der Waals surface area contributed by atoms with Crippen molar-refractivity contribution in [1.29, 1.82) is 0 Å². The molecule has 0 N–H and O–H groups in total. The zero-order valence-electron chi connectivity index (χ0n) is 23.0. The minimum atomic E-state index is -9.71. The molecule has 0 bridgehead atoms. The van der Waals surface area contributed by atoms with Crippen LogP contribution in [-0.4, -0.2) is 107 Å². The summed E-state index contributed by atoms with van der Waals surface area (Å²) in [7, 11) is 0. The third-order valence-corrected chi connectivity index (χ3v) is 6.41. The highest BCUT2D eigenvalue weighted by atomic mass is 19.4. The molecule has 0 heterocycles. The number of nitrogens with zero attached hydrogens (tertiary/aromatic N) is 1. The van der Waals surface area contributed by atoms with Crippen molar-refractivity contribution < 1.29 is 149 Å². The van der Waals surface area contributed by atoms with Crippen molar-refractivity contribution in [1.82, 2.24) is 4.90 Å². The molecule has 35 heteroatoms. The summed E-state index contributed by atoms with van der Waals surface area (Å²) in [6, 6.07) is -18.2. The van der Waals surface area contributed by atoms with Crippen molar-refractivity contribution in [2.75, 3.05) is 6.54 Å². The maximum Gasteiger partial charge on any atom is 0.460 e. The van der Waals surface area contributed by atoms with Crippen LogP contribution in [0.15, 0.2) is 0 Å². The maximum absolute atomic E-state index is 14.3. The molecule has 0 rings (SSSR count). The van der Waals surface area contributed by atoms with Gasteiger partial charge in [-0.05, 0) is 0 Å². The van der Waals surface area contributed by atoms with E-state index in [0.29, 0.717) is 0 Å². The number of hydrogen-bond acceptors (Lipinski definition) is 1. The van der Waals surface area contributed by atoms with Crippen LogP contribution in [0.3, 0.4) is 0 Å². The van der Waals surface area contributed by atoms with Gasteiger partial charge in [-0.2, -0.15) is 154 Å². The van der Waals surface area contributed by atoms with Crippen LogP contribution in [0, 0.1) is 0 Å². The van der Waals surface area contributed by atoms with Gasteiger partial charge in [-0.15, -0.1) is 0 Å². The zero-order chi connectivity index (χ0) is 44.3. The lowest BCUT2D eigenvalue weighted by molar-refractivity contribution is -0.493. The van der Waals surface area contributed by atoms with Gasteiger partial charge < -0.3 is 0 Å². The third-order valence-electron chi connectivity index (χ3n) is 6.41. The SMILES string of the molecule is CCN(C(F)(F)C(F)(F)C(F)(F)C(F)(F)C(F)(F)C(F)(F)C(F)(F)C(F)(F)F)C(F)(F)C(F)(F)C(F)(F)C(F)(F)C(F)(F)C(F)(F)C(F)(F)C(F)(F)F. The van der Waals surface area contributed by atoms with E-state index in [1.165, 1.54) is 0 Å². The summed E-state index contributed by atoms with van der Waals surface area (Å²) in [5, 5.41) is 0. The van der Waals surface area contributed by atoms with Gasteiger partial charge in [0.25, 0.3) is 0 Å². The van der Waals surface area contributed by atoms with Crippen molar-refractivity contribution >= 4 is 0 Å². The average molecular weight is 881 g/mol. The van der Waals surface area contributed by atoms with Gasteiger partial charge in [-0.3, -0.25) is 0 Å². The summed E-state index contributed by atoms with van der Waals surface area (Å²) in [6.07, 6.45) is -16.6. The first-order valence-corrected chi connectivity index (χ1v) is 11.4. The average Bonchev–Trinajstić information content (AvgIpc) is 2.90. The van der Waals surface area contributed by atoms with E-state index in [0.717, 1.165) is 0 Å². The molecule has 0 aromatic carbocycles. The van der Waals surface area contributed by atoms with Crippen LogP contribution in [0.2, 0.25) is 0 Å². The summed E-state index contributed by atoms with van der Waals surface area (Å²) in [6.45, 7) is -4.88. The molecule has 0 saturated carbocycles. The Kier molecular flexibility index (Phi) is 11.7. The molecule has 0 aromatic heterocycles. The normalized spacial score (nSPS) is 17.2. The summed E-state index contributed by atoms with van der Waals surface area (Å²) in [5.41, 5.74) is 0. The van der Waals surface area contributed by atoms with E-state index in [1.807, 2.05) is 0 Å². The molecule has 0 atom stereocenters. The number of halogens is 34. The predicted molar refractivity (Wildman–Crippen MR) is 93.7 cm³/mol. The molecule has 1 nitrogen and oxygen atoms in total. The number of hydrogen-bond donors (Lipinski definition) is 0. The molecular weight excluding hydrogens is 876 g/mol. The molecule has 0 aromatic rings. The van der Waals surface area contributed by atoms with E-state index in [-0.39, 0.29) is 0 Å². The molecule has 0 amide bonds. The van der Waals surface area contributed by atoms with E-state index in [1.54, 1.807) is 0 Å². The Morgan fingerprint density at radius 3 is 0.491 bits per heavy atom. The van der Waals surface area contributed by atoms with Crippen LogP contribution in [0.4, 0.5) is 149 Å². The largest absolute Gasteiger partial charge is 0.460 e. The molecule has 0 fully saturated rings. The Balaban J connectivity index is 7.73. The van der Waals surface area contributed by atoms with Crippen molar-refractivity contribution in [2.45, 2.75) is 102 Å². The fourth-order valence-electron chi connectivity index (χ4n) is 3.22. The topological polar surface area (TPSA) is 3.24 Å². The van der Waals surface area contributed by atoms with Gasteiger partial charge in [-0.1, -0.05) is 6.92 Å². The standard InChI is InChI=1S/C18H5F34N/c1-2-53(17(49,50)13(39,40)9(31,32)5(23,24)3(19,20)7(27,28)11(35,36)15(43,44)45)18(51,52)14(41,42)10(33,34)6(25,26)4(21,22)8(29,30)12(37,38)16(46,47)48/h2H2,1H3. The molecule has 0 unspecified atom stereocenters. The Labute approximate surface area is 264 Å². The maximum atomic E-state index is 14.3. The first-order chi connectivity index (χ1) is 22.2. The van der Waals surface area contributed by atoms with Gasteiger partial charge in [-0.25, -0.2) is 0 Å². The summed E-state index contributed by atoms with van der Waals surface area (Å²) >= 11 is 0. The van der Waals surface area contributed by atoms with E-state index in [2.05, 4.69) is 0 Å². The van der Waals surface area contributed by atoms with Crippen molar-refractivity contribution in [3.63, 3.8) is 0 Å². The minimum absolute atomic E-state index is 1.06. The molecule has 53 heavy (non-hydrogen) atoms. The second kappa shape index (κ2) is 12.3. The van der Waals surface area contributed by atoms with Gasteiger partial charge in [0.2, 0.25) is 0 Å². The molecule has 0 saturated heterocycles. The molecule has 0 aliphatic heterocycles. The Hall–Kier alpha value is -2.42. The smallest absolute Gasteiger partial charge is 0.192 e. The van der Waals surface area contributed by atoms with E-state index >= 15 is 0 Å². The lowest BCUT2D eigenvalue weighted by Crippen LogP contribution is -2.79. The molecular formula is C18H5F34N. The Morgan fingerprint density at radius 2 is 0.358 bits per heavy atom. The zero-order valence-corrected chi connectivity index (χ0v) is 23.0. The number of alkyl halides is 34. The van der Waals surface area contributed by atoms with Crippen molar-refractivity contribution in [3.05, 3.63) is 0 Å². The van der Waals surface area contributed by atoms with Gasteiger partial charge in [0, 0.05) is 6.54 Å². The summed E-state index contributed by atoms with van der Waals surface area (Å²) in [4.78, 5) is -4.38. The van der Waals surface area contributed by atoms with Crippen LogP contribution in [0.5, 0.6) is 0 Å². The van der Waals surface area contributed by atoms with Crippen LogP contribution in [0.1, 0.15) is 6.92 Å². The minimum Gasteiger partial charge on any atom is -0.192 e. The molecule has 0 aliphatic carbocycles. The predicted octanol–water partition coefficient (Wildman–Crippen LogP) is 11.2. The first-order valence-electron chi connectivity index (χ1n) is 11.4. The van der Waals surface area contributed by atoms with E-state index in [9.17, 15) is 149 Å². The van der Waals surface area contributed by atoms with Crippen molar-refractivity contribution in [3.8, 4) is 0 Å². The quantitative estimate of drug-likeness (QED) is 0.117. The highest BCUT2D eigenvalue weighted by molar-refractivity contribution is 5.18. The molecule has 0 aliphatic rings. The fraction of sp³-hybridized carbons (Fsp3) is 1.00. The lowest BCUT2D eigenvalue weighted by atomic mass is 9.89. The van der Waals surface area contributed by atoms with Gasteiger partial charge in [0.1, 0.15) is 0 Å². The fourth-order valence-corrected chi connectivity index (χ4v) is 3.22. The van der Waals surface area contributed by atoms with E-state index in [4.69, 9.17) is 0 Å². The van der Waals surface area contributed by atoms with Crippen LogP contribution in [-0.2, 0) is 0 Å². The molecule has 0 radical (unpaired) electrons. The molecule has 320 valence electrons. The van der Waals surface area contributed by atoms with Crippen molar-refractivity contribution in [2.24, 2.45) is 0 Å². The van der Waals surface area contributed by atoms with Crippen LogP contribution in [0.25, 0.3) is 0 Å². The monoisotopic (exact) mass is 881 g/mol. The summed E-state index contributed by atoms with van der Waals surface area (Å²) in [5.74, 6) is -113. The second-order valence-corrected chi connectivity index (χ2v) is 9.71. The second-order valence-electron chi connectivity index (χ2n) is 9.71. The number of rotatable bonds is 15. The molecule has 0 spiro atoms. The highest BCUT2D eigenvalue weighted by Crippen LogP contribution is 2.67. The lowest BCUT2D eigenvalue weighted by Gasteiger charge is -2.48.